The molecule has 92 valence electrons. The van der Waals surface area contributed by atoms with Gasteiger partial charge in [-0.1, -0.05) is 27.6 Å². The average Bonchev–Trinajstić information content (AvgIpc) is 2.29. The van der Waals surface area contributed by atoms with Crippen LogP contribution in [-0.2, 0) is 0 Å². The summed E-state index contributed by atoms with van der Waals surface area (Å²) < 4.78 is 6.77. The average molecular weight is 296 g/mol. The minimum absolute atomic E-state index is 0.395. The first-order chi connectivity index (χ1) is 8.16. The fourth-order valence-corrected chi connectivity index (χ4v) is 2.36. The number of fused-ring (bicyclic) bond motifs is 1. The Morgan fingerprint density at radius 3 is 3.12 bits per heavy atom. The van der Waals surface area contributed by atoms with Gasteiger partial charge in [-0.15, -0.1) is 0 Å². The molecule has 2 nitrogen and oxygen atoms in total. The standard InChI is InChI=1S/C14H18BrNO/c1-10(2)5-7-16-13-6-8-17-14-4-3-11(15)9-12(13)14/h3-5,9,13,16H,6-8H2,1-2H3. The zero-order valence-corrected chi connectivity index (χ0v) is 11.9. The topological polar surface area (TPSA) is 21.3 Å². The lowest BCUT2D eigenvalue weighted by Gasteiger charge is -2.26. The van der Waals surface area contributed by atoms with Gasteiger partial charge in [0.05, 0.1) is 6.61 Å². The molecular formula is C14H18BrNO. The van der Waals surface area contributed by atoms with Crippen LogP contribution in [0.1, 0.15) is 31.9 Å². The molecule has 0 aliphatic carbocycles. The van der Waals surface area contributed by atoms with E-state index in [1.54, 1.807) is 0 Å². The van der Waals surface area contributed by atoms with E-state index in [2.05, 4.69) is 47.2 Å². The Morgan fingerprint density at radius 1 is 1.53 bits per heavy atom. The van der Waals surface area contributed by atoms with E-state index in [9.17, 15) is 0 Å². The van der Waals surface area contributed by atoms with Gasteiger partial charge in [-0.05, 0) is 32.0 Å². The zero-order chi connectivity index (χ0) is 12.3. The smallest absolute Gasteiger partial charge is 0.124 e. The van der Waals surface area contributed by atoms with Crippen LogP contribution >= 0.6 is 15.9 Å². The lowest BCUT2D eigenvalue weighted by Crippen LogP contribution is -2.27. The van der Waals surface area contributed by atoms with Crippen molar-refractivity contribution in [2.75, 3.05) is 13.2 Å². The number of ether oxygens (including phenoxy) is 1. The van der Waals surface area contributed by atoms with E-state index in [4.69, 9.17) is 4.74 Å². The van der Waals surface area contributed by atoms with Gasteiger partial charge >= 0.3 is 0 Å². The van der Waals surface area contributed by atoms with Crippen LogP contribution in [0.3, 0.4) is 0 Å². The summed E-state index contributed by atoms with van der Waals surface area (Å²) in [6.45, 7) is 5.95. The number of hydrogen-bond donors (Lipinski definition) is 1. The third-order valence-corrected chi connectivity index (χ3v) is 3.38. The number of benzene rings is 1. The predicted molar refractivity (Wildman–Crippen MR) is 74.4 cm³/mol. The summed E-state index contributed by atoms with van der Waals surface area (Å²) in [5, 5.41) is 3.56. The monoisotopic (exact) mass is 295 g/mol. The molecule has 1 unspecified atom stereocenters. The summed E-state index contributed by atoms with van der Waals surface area (Å²) in [5.41, 5.74) is 2.60. The maximum atomic E-state index is 5.66. The van der Waals surface area contributed by atoms with Crippen molar-refractivity contribution in [1.29, 1.82) is 0 Å². The Bertz CT molecular complexity index is 424. The van der Waals surface area contributed by atoms with Crippen LogP contribution in [0.15, 0.2) is 34.3 Å². The van der Waals surface area contributed by atoms with E-state index >= 15 is 0 Å². The van der Waals surface area contributed by atoms with E-state index in [-0.39, 0.29) is 0 Å². The third-order valence-electron chi connectivity index (χ3n) is 2.89. The predicted octanol–water partition coefficient (Wildman–Crippen LogP) is 3.83. The van der Waals surface area contributed by atoms with E-state index < -0.39 is 0 Å². The summed E-state index contributed by atoms with van der Waals surface area (Å²) in [4.78, 5) is 0. The molecule has 0 aromatic heterocycles. The van der Waals surface area contributed by atoms with Crippen molar-refractivity contribution >= 4 is 15.9 Å². The van der Waals surface area contributed by atoms with Gasteiger partial charge < -0.3 is 10.1 Å². The summed E-state index contributed by atoms with van der Waals surface area (Å²) in [7, 11) is 0. The summed E-state index contributed by atoms with van der Waals surface area (Å²) in [6, 6.07) is 6.60. The number of hydrogen-bond acceptors (Lipinski definition) is 2. The van der Waals surface area contributed by atoms with E-state index in [1.807, 2.05) is 12.1 Å². The van der Waals surface area contributed by atoms with E-state index in [1.165, 1.54) is 11.1 Å². The Hall–Kier alpha value is -0.800. The minimum Gasteiger partial charge on any atom is -0.493 e. The van der Waals surface area contributed by atoms with Gasteiger partial charge in [-0.25, -0.2) is 0 Å². The largest absolute Gasteiger partial charge is 0.493 e. The summed E-state index contributed by atoms with van der Waals surface area (Å²) in [6.07, 6.45) is 3.24. The number of allylic oxidation sites excluding steroid dienone is 1. The van der Waals surface area contributed by atoms with Crippen molar-refractivity contribution in [2.24, 2.45) is 0 Å². The molecule has 1 heterocycles. The van der Waals surface area contributed by atoms with Gasteiger partial charge in [-0.3, -0.25) is 0 Å². The molecule has 1 aliphatic heterocycles. The van der Waals surface area contributed by atoms with Crippen LogP contribution < -0.4 is 10.1 Å². The molecule has 1 aromatic carbocycles. The Labute approximate surface area is 111 Å². The molecule has 0 fully saturated rings. The van der Waals surface area contributed by atoms with Gasteiger partial charge in [-0.2, -0.15) is 0 Å². The second kappa shape index (κ2) is 5.69. The zero-order valence-electron chi connectivity index (χ0n) is 10.3. The van der Waals surface area contributed by atoms with Crippen LogP contribution in [0.2, 0.25) is 0 Å². The molecule has 17 heavy (non-hydrogen) atoms. The van der Waals surface area contributed by atoms with Crippen LogP contribution in [0, 0.1) is 0 Å². The molecular weight excluding hydrogens is 278 g/mol. The molecule has 2 rings (SSSR count). The molecule has 0 saturated carbocycles. The first kappa shape index (κ1) is 12.7. The highest BCUT2D eigenvalue weighted by molar-refractivity contribution is 9.10. The molecule has 0 spiro atoms. The second-order valence-electron chi connectivity index (χ2n) is 4.56. The first-order valence-electron chi connectivity index (χ1n) is 5.96. The Morgan fingerprint density at radius 2 is 2.35 bits per heavy atom. The molecule has 1 N–H and O–H groups in total. The highest BCUT2D eigenvalue weighted by Crippen LogP contribution is 2.33. The highest BCUT2D eigenvalue weighted by atomic mass is 79.9. The van der Waals surface area contributed by atoms with E-state index in [0.717, 1.165) is 29.8 Å². The van der Waals surface area contributed by atoms with Crippen LogP contribution in [0.5, 0.6) is 5.75 Å². The van der Waals surface area contributed by atoms with Crippen molar-refractivity contribution in [3.63, 3.8) is 0 Å². The maximum Gasteiger partial charge on any atom is 0.124 e. The summed E-state index contributed by atoms with van der Waals surface area (Å²) >= 11 is 3.51. The molecule has 0 saturated heterocycles. The third kappa shape index (κ3) is 3.33. The second-order valence-corrected chi connectivity index (χ2v) is 5.48. The first-order valence-corrected chi connectivity index (χ1v) is 6.75. The highest BCUT2D eigenvalue weighted by Gasteiger charge is 2.20. The molecule has 1 atom stereocenters. The van der Waals surface area contributed by atoms with Gasteiger partial charge in [0.2, 0.25) is 0 Å². The summed E-state index contributed by atoms with van der Waals surface area (Å²) in [5.74, 6) is 1.01. The van der Waals surface area contributed by atoms with Crippen LogP contribution in [0.4, 0.5) is 0 Å². The Kier molecular flexibility index (Phi) is 4.24. The fraction of sp³-hybridized carbons (Fsp3) is 0.429. The van der Waals surface area contributed by atoms with Gasteiger partial charge in [0.15, 0.2) is 0 Å². The Balaban J connectivity index is 2.11. The van der Waals surface area contributed by atoms with Crippen LogP contribution in [0.25, 0.3) is 0 Å². The number of rotatable bonds is 3. The number of nitrogens with one attached hydrogen (secondary N) is 1. The molecule has 1 aromatic rings. The van der Waals surface area contributed by atoms with Gasteiger partial charge in [0.1, 0.15) is 5.75 Å². The van der Waals surface area contributed by atoms with Crippen molar-refractivity contribution in [1.82, 2.24) is 5.32 Å². The van der Waals surface area contributed by atoms with E-state index in [0.29, 0.717) is 6.04 Å². The molecule has 0 amide bonds. The van der Waals surface area contributed by atoms with Gasteiger partial charge in [0, 0.05) is 29.0 Å². The van der Waals surface area contributed by atoms with Crippen molar-refractivity contribution < 1.29 is 4.74 Å². The van der Waals surface area contributed by atoms with Gasteiger partial charge in [0.25, 0.3) is 0 Å². The van der Waals surface area contributed by atoms with Crippen molar-refractivity contribution in [3.8, 4) is 5.75 Å². The van der Waals surface area contributed by atoms with Crippen molar-refractivity contribution in [3.05, 3.63) is 39.9 Å². The molecule has 3 heteroatoms. The minimum atomic E-state index is 0.395. The van der Waals surface area contributed by atoms with Crippen LogP contribution in [-0.4, -0.2) is 13.2 Å². The lowest BCUT2D eigenvalue weighted by atomic mass is 10.0. The molecule has 0 radical (unpaired) electrons. The SMILES string of the molecule is CC(C)=CCNC1CCOc2ccc(Br)cc21. The van der Waals surface area contributed by atoms with Crippen molar-refractivity contribution in [2.45, 2.75) is 26.3 Å². The normalized spacial score (nSPS) is 18.2. The fourth-order valence-electron chi connectivity index (χ4n) is 1.98. The number of halogens is 1. The molecule has 0 bridgehead atoms. The molecule has 1 aliphatic rings. The maximum absolute atomic E-state index is 5.66. The quantitative estimate of drug-likeness (QED) is 0.856. The lowest BCUT2D eigenvalue weighted by molar-refractivity contribution is 0.255.